The first-order valence-corrected chi connectivity index (χ1v) is 13.7. The van der Waals surface area contributed by atoms with E-state index < -0.39 is 5.41 Å². The number of aromatic nitrogens is 3. The molecule has 0 spiro atoms. The van der Waals surface area contributed by atoms with E-state index in [1.165, 1.54) is 11.1 Å². The van der Waals surface area contributed by atoms with Crippen molar-refractivity contribution in [1.29, 1.82) is 0 Å². The summed E-state index contributed by atoms with van der Waals surface area (Å²) in [7, 11) is 0. The van der Waals surface area contributed by atoms with E-state index in [0.717, 1.165) is 41.6 Å². The second-order valence-corrected chi connectivity index (χ2v) is 11.3. The van der Waals surface area contributed by atoms with Crippen LogP contribution in [0.5, 0.6) is 5.75 Å². The third kappa shape index (κ3) is 5.51. The van der Waals surface area contributed by atoms with Gasteiger partial charge in [-0.15, -0.1) is 4.80 Å². The molecule has 5 rings (SSSR count). The fraction of sp³-hybridized carbons (Fsp3) is 0.257. The summed E-state index contributed by atoms with van der Waals surface area (Å²) in [5.41, 5.74) is 6.41. The topological polar surface area (TPSA) is 50.9 Å². The zero-order valence-electron chi connectivity index (χ0n) is 23.3. The van der Waals surface area contributed by atoms with Gasteiger partial charge in [0.15, 0.2) is 0 Å². The van der Waals surface area contributed by atoms with Crippen molar-refractivity contribution >= 4 is 0 Å². The largest absolute Gasteiger partial charge is 0.505 e. The van der Waals surface area contributed by atoms with E-state index in [1.807, 2.05) is 42.6 Å². The van der Waals surface area contributed by atoms with Gasteiger partial charge in [0.1, 0.15) is 11.4 Å². The Bertz CT molecular complexity index is 1520. The average molecular weight is 516 g/mol. The number of nitrogens with zero attached hydrogens (tertiary/aromatic N) is 3. The van der Waals surface area contributed by atoms with Gasteiger partial charge in [0.05, 0.1) is 11.9 Å². The Kier molecular flexibility index (Phi) is 7.38. The van der Waals surface area contributed by atoms with E-state index in [9.17, 15) is 5.11 Å². The number of phenols is 1. The van der Waals surface area contributed by atoms with Crippen molar-refractivity contribution < 1.29 is 5.11 Å². The SMILES string of the molecule is CC(C)(c1ccccc1)c1cc(-n2ncc(CCCc3ccccc3)n2)c(O)c(C(C)(C)c2ccccc2)c1. The Morgan fingerprint density at radius 1 is 0.667 bits per heavy atom. The van der Waals surface area contributed by atoms with Gasteiger partial charge in [0.2, 0.25) is 0 Å². The molecule has 4 nitrogen and oxygen atoms in total. The quantitative estimate of drug-likeness (QED) is 0.218. The highest BCUT2D eigenvalue weighted by Crippen LogP contribution is 2.43. The number of aromatic hydroxyl groups is 1. The molecule has 0 bridgehead atoms. The predicted octanol–water partition coefficient (Wildman–Crippen LogP) is 7.80. The van der Waals surface area contributed by atoms with Gasteiger partial charge in [-0.25, -0.2) is 0 Å². The summed E-state index contributed by atoms with van der Waals surface area (Å²) < 4.78 is 0. The molecule has 0 aliphatic rings. The van der Waals surface area contributed by atoms with Crippen molar-refractivity contribution in [3.63, 3.8) is 0 Å². The summed E-state index contributed by atoms with van der Waals surface area (Å²) in [4.78, 5) is 1.60. The molecular weight excluding hydrogens is 478 g/mol. The van der Waals surface area contributed by atoms with Crippen molar-refractivity contribution in [2.45, 2.75) is 57.8 Å². The maximum absolute atomic E-state index is 11.7. The lowest BCUT2D eigenvalue weighted by atomic mass is 9.72. The summed E-state index contributed by atoms with van der Waals surface area (Å²) in [6, 6.07) is 35.6. The molecule has 0 saturated carbocycles. The summed E-state index contributed by atoms with van der Waals surface area (Å²) in [6.07, 6.45) is 4.63. The molecule has 39 heavy (non-hydrogen) atoms. The minimum atomic E-state index is -0.436. The molecule has 0 aliphatic carbocycles. The summed E-state index contributed by atoms with van der Waals surface area (Å²) in [5.74, 6) is 0.211. The van der Waals surface area contributed by atoms with Crippen LogP contribution in [0.25, 0.3) is 5.69 Å². The van der Waals surface area contributed by atoms with Gasteiger partial charge in [-0.1, -0.05) is 125 Å². The molecule has 0 aliphatic heterocycles. The second-order valence-electron chi connectivity index (χ2n) is 11.3. The Labute approximate surface area is 232 Å². The number of rotatable bonds is 9. The lowest BCUT2D eigenvalue weighted by molar-refractivity contribution is 0.444. The predicted molar refractivity (Wildman–Crippen MR) is 159 cm³/mol. The van der Waals surface area contributed by atoms with Gasteiger partial charge >= 0.3 is 0 Å². The van der Waals surface area contributed by atoms with Crippen molar-refractivity contribution in [3.05, 3.63) is 143 Å². The monoisotopic (exact) mass is 515 g/mol. The normalized spacial score (nSPS) is 12.0. The van der Waals surface area contributed by atoms with Gasteiger partial charge in [-0.05, 0) is 47.6 Å². The fourth-order valence-electron chi connectivity index (χ4n) is 5.28. The number of aryl methyl sites for hydroxylation is 2. The molecule has 0 radical (unpaired) electrons. The van der Waals surface area contributed by atoms with Crippen LogP contribution >= 0.6 is 0 Å². The van der Waals surface area contributed by atoms with Crippen molar-refractivity contribution in [1.82, 2.24) is 15.0 Å². The van der Waals surface area contributed by atoms with Gasteiger partial charge in [-0.2, -0.15) is 10.2 Å². The summed E-state index contributed by atoms with van der Waals surface area (Å²) in [6.45, 7) is 8.77. The van der Waals surface area contributed by atoms with Crippen LogP contribution in [0.2, 0.25) is 0 Å². The van der Waals surface area contributed by atoms with E-state index in [4.69, 9.17) is 5.10 Å². The van der Waals surface area contributed by atoms with Crippen molar-refractivity contribution in [2.75, 3.05) is 0 Å². The standard InChI is InChI=1S/C35H37N3O/c1-34(2,27-18-10-6-11-19-27)29-23-31(35(3,4)28-20-12-7-13-21-28)33(39)32(24-29)38-36-25-30(37-38)22-14-17-26-15-8-5-9-16-26/h5-13,15-16,18-21,23-25,39H,14,17,22H2,1-4H3. The van der Waals surface area contributed by atoms with Gasteiger partial charge in [-0.3, -0.25) is 0 Å². The highest BCUT2D eigenvalue weighted by atomic mass is 16.3. The lowest BCUT2D eigenvalue weighted by Crippen LogP contribution is -2.24. The van der Waals surface area contributed by atoms with Crippen LogP contribution in [0.15, 0.2) is 109 Å². The Morgan fingerprint density at radius 3 is 1.85 bits per heavy atom. The zero-order valence-corrected chi connectivity index (χ0v) is 23.3. The van der Waals surface area contributed by atoms with Crippen LogP contribution in [0.3, 0.4) is 0 Å². The Balaban J connectivity index is 1.55. The van der Waals surface area contributed by atoms with E-state index in [1.54, 1.807) is 4.80 Å². The molecule has 1 aromatic heterocycles. The minimum absolute atomic E-state index is 0.211. The fourth-order valence-corrected chi connectivity index (χ4v) is 5.28. The van der Waals surface area contributed by atoms with Crippen molar-refractivity contribution in [3.8, 4) is 11.4 Å². The minimum Gasteiger partial charge on any atom is -0.505 e. The van der Waals surface area contributed by atoms with Crippen LogP contribution < -0.4 is 0 Å². The highest BCUT2D eigenvalue weighted by Gasteiger charge is 2.32. The van der Waals surface area contributed by atoms with Crippen LogP contribution in [0.4, 0.5) is 0 Å². The molecule has 198 valence electrons. The maximum Gasteiger partial charge on any atom is 0.147 e. The number of hydrogen-bond acceptors (Lipinski definition) is 3. The first-order valence-electron chi connectivity index (χ1n) is 13.7. The summed E-state index contributed by atoms with van der Waals surface area (Å²) >= 11 is 0. The summed E-state index contributed by atoms with van der Waals surface area (Å²) in [5, 5.41) is 21.2. The highest BCUT2D eigenvalue weighted by molar-refractivity contribution is 5.59. The maximum atomic E-state index is 11.7. The van der Waals surface area contributed by atoms with E-state index in [0.29, 0.717) is 5.69 Å². The van der Waals surface area contributed by atoms with Crippen molar-refractivity contribution in [2.24, 2.45) is 0 Å². The average Bonchev–Trinajstić information content (AvgIpc) is 3.43. The molecule has 5 aromatic rings. The molecule has 0 saturated heterocycles. The van der Waals surface area contributed by atoms with E-state index in [-0.39, 0.29) is 11.2 Å². The molecule has 1 N–H and O–H groups in total. The number of hydrogen-bond donors (Lipinski definition) is 1. The molecule has 1 heterocycles. The van der Waals surface area contributed by atoms with Gasteiger partial charge < -0.3 is 5.11 Å². The Hall–Kier alpha value is -4.18. The second kappa shape index (κ2) is 10.9. The first-order chi connectivity index (χ1) is 18.8. The number of phenolic OH excluding ortho intramolecular Hbond substituents is 1. The van der Waals surface area contributed by atoms with Gasteiger partial charge in [0, 0.05) is 16.4 Å². The third-order valence-corrected chi connectivity index (χ3v) is 7.97. The van der Waals surface area contributed by atoms with E-state index in [2.05, 4.69) is 99.5 Å². The molecule has 4 aromatic carbocycles. The number of benzene rings is 4. The van der Waals surface area contributed by atoms with E-state index >= 15 is 0 Å². The van der Waals surface area contributed by atoms with Crippen LogP contribution in [0.1, 0.15) is 67.6 Å². The molecule has 0 fully saturated rings. The van der Waals surface area contributed by atoms with Crippen LogP contribution in [-0.2, 0) is 23.7 Å². The molecule has 0 atom stereocenters. The Morgan fingerprint density at radius 2 is 1.23 bits per heavy atom. The molecule has 0 unspecified atom stereocenters. The molecular formula is C35H37N3O. The van der Waals surface area contributed by atoms with Gasteiger partial charge in [0.25, 0.3) is 0 Å². The lowest BCUT2D eigenvalue weighted by Gasteiger charge is -2.32. The third-order valence-electron chi connectivity index (χ3n) is 7.97. The molecule has 0 amide bonds. The molecule has 4 heteroatoms. The smallest absolute Gasteiger partial charge is 0.147 e. The first kappa shape index (κ1) is 26.4. The van der Waals surface area contributed by atoms with Crippen LogP contribution in [0, 0.1) is 0 Å². The van der Waals surface area contributed by atoms with Crippen LogP contribution in [-0.4, -0.2) is 20.1 Å². The zero-order chi connectivity index (χ0) is 27.5.